The van der Waals surface area contributed by atoms with Gasteiger partial charge in [0.15, 0.2) is 9.84 Å². The van der Waals surface area contributed by atoms with Crippen LogP contribution in [-0.4, -0.2) is 54.7 Å². The monoisotopic (exact) mass is 261 g/mol. The standard InChI is InChI=1S/C12H23NO3S/c1-12(2)7-10(3-5-14)8-13(12)11-4-6-17(15,16)9-11/h10-11,14H,3-9H2,1-2H3. The maximum atomic E-state index is 11.5. The van der Waals surface area contributed by atoms with E-state index in [1.807, 2.05) is 0 Å². The molecule has 0 aromatic carbocycles. The Labute approximate surface area is 104 Å². The number of hydrogen-bond acceptors (Lipinski definition) is 4. The van der Waals surface area contributed by atoms with Crippen LogP contribution in [0.5, 0.6) is 0 Å². The summed E-state index contributed by atoms with van der Waals surface area (Å²) < 4.78 is 23.1. The van der Waals surface area contributed by atoms with Gasteiger partial charge in [0.2, 0.25) is 0 Å². The molecule has 0 spiro atoms. The molecule has 0 amide bonds. The van der Waals surface area contributed by atoms with Gasteiger partial charge in [-0.2, -0.15) is 0 Å². The molecule has 2 fully saturated rings. The van der Waals surface area contributed by atoms with Gasteiger partial charge >= 0.3 is 0 Å². The van der Waals surface area contributed by atoms with Crippen molar-refractivity contribution < 1.29 is 13.5 Å². The minimum Gasteiger partial charge on any atom is -0.396 e. The average molecular weight is 261 g/mol. The van der Waals surface area contributed by atoms with Crippen molar-refractivity contribution >= 4 is 9.84 Å². The number of hydrogen-bond donors (Lipinski definition) is 1. The third-order valence-corrected chi connectivity index (χ3v) is 5.96. The summed E-state index contributed by atoms with van der Waals surface area (Å²) in [5.41, 5.74) is 0.0738. The van der Waals surface area contributed by atoms with Crippen molar-refractivity contribution in [3.05, 3.63) is 0 Å². The Morgan fingerprint density at radius 3 is 2.65 bits per heavy atom. The van der Waals surface area contributed by atoms with E-state index in [0.717, 1.165) is 25.8 Å². The molecule has 2 atom stereocenters. The summed E-state index contributed by atoms with van der Waals surface area (Å²) in [6.07, 6.45) is 2.67. The van der Waals surface area contributed by atoms with E-state index < -0.39 is 9.84 Å². The first-order valence-corrected chi connectivity index (χ1v) is 8.24. The van der Waals surface area contributed by atoms with Crippen LogP contribution in [0.1, 0.15) is 33.1 Å². The Bertz CT molecular complexity index is 377. The number of sulfone groups is 1. The van der Waals surface area contributed by atoms with Crippen molar-refractivity contribution in [1.82, 2.24) is 4.90 Å². The predicted molar refractivity (Wildman–Crippen MR) is 67.7 cm³/mol. The second-order valence-corrected chi connectivity index (χ2v) is 8.33. The van der Waals surface area contributed by atoms with Crippen LogP contribution in [0.15, 0.2) is 0 Å². The highest BCUT2D eigenvalue weighted by Gasteiger charge is 2.44. The molecule has 2 aliphatic heterocycles. The van der Waals surface area contributed by atoms with Crippen LogP contribution >= 0.6 is 0 Å². The molecular formula is C12H23NO3S. The van der Waals surface area contributed by atoms with Gasteiger partial charge in [0.25, 0.3) is 0 Å². The number of nitrogens with zero attached hydrogens (tertiary/aromatic N) is 1. The molecule has 100 valence electrons. The van der Waals surface area contributed by atoms with Crippen molar-refractivity contribution in [2.75, 3.05) is 24.7 Å². The summed E-state index contributed by atoms with van der Waals surface area (Å²) in [7, 11) is -2.80. The van der Waals surface area contributed by atoms with Gasteiger partial charge in [-0.05, 0) is 39.0 Å². The van der Waals surface area contributed by atoms with Crippen LogP contribution < -0.4 is 0 Å². The highest BCUT2D eigenvalue weighted by molar-refractivity contribution is 7.91. The van der Waals surface area contributed by atoms with Gasteiger partial charge in [-0.25, -0.2) is 8.42 Å². The molecule has 0 aromatic rings. The number of aliphatic hydroxyl groups is 1. The summed E-state index contributed by atoms with van der Waals surface area (Å²) in [6, 6.07) is 0.193. The van der Waals surface area contributed by atoms with E-state index >= 15 is 0 Å². The fourth-order valence-electron chi connectivity index (χ4n) is 3.45. The maximum absolute atomic E-state index is 11.5. The SMILES string of the molecule is CC1(C)CC(CCO)CN1C1CCS(=O)(=O)C1. The van der Waals surface area contributed by atoms with Gasteiger partial charge in [-0.3, -0.25) is 4.90 Å². The van der Waals surface area contributed by atoms with Crippen LogP contribution in [0.3, 0.4) is 0 Å². The van der Waals surface area contributed by atoms with Crippen molar-refractivity contribution in [3.63, 3.8) is 0 Å². The molecule has 0 saturated carbocycles. The fraction of sp³-hybridized carbons (Fsp3) is 1.00. The topological polar surface area (TPSA) is 57.6 Å². The van der Waals surface area contributed by atoms with E-state index in [2.05, 4.69) is 18.7 Å². The van der Waals surface area contributed by atoms with Gasteiger partial charge in [-0.15, -0.1) is 0 Å². The molecule has 2 unspecified atom stereocenters. The van der Waals surface area contributed by atoms with Crippen LogP contribution in [0.25, 0.3) is 0 Å². The van der Waals surface area contributed by atoms with Crippen molar-refractivity contribution in [2.45, 2.75) is 44.7 Å². The molecule has 2 rings (SSSR count). The summed E-state index contributed by atoms with van der Waals surface area (Å²) in [4.78, 5) is 2.36. The lowest BCUT2D eigenvalue weighted by Crippen LogP contribution is -2.46. The van der Waals surface area contributed by atoms with Gasteiger partial charge in [0.1, 0.15) is 0 Å². The van der Waals surface area contributed by atoms with Gasteiger partial charge in [0, 0.05) is 24.7 Å². The highest BCUT2D eigenvalue weighted by Crippen LogP contribution is 2.38. The smallest absolute Gasteiger partial charge is 0.151 e. The van der Waals surface area contributed by atoms with E-state index in [4.69, 9.17) is 5.11 Å². The van der Waals surface area contributed by atoms with Crippen LogP contribution in [0.2, 0.25) is 0 Å². The minimum atomic E-state index is -2.80. The van der Waals surface area contributed by atoms with Crippen molar-refractivity contribution in [3.8, 4) is 0 Å². The first-order chi connectivity index (χ1) is 7.84. The third kappa shape index (κ3) is 2.83. The molecule has 4 nitrogen and oxygen atoms in total. The van der Waals surface area contributed by atoms with E-state index in [-0.39, 0.29) is 18.2 Å². The second-order valence-electron chi connectivity index (χ2n) is 6.10. The summed E-state index contributed by atoms with van der Waals surface area (Å²) in [6.45, 7) is 5.55. The molecular weight excluding hydrogens is 238 g/mol. The average Bonchev–Trinajstić information content (AvgIpc) is 2.67. The largest absolute Gasteiger partial charge is 0.396 e. The normalized spacial score (nSPS) is 36.4. The molecule has 5 heteroatoms. The number of likely N-dealkylation sites (tertiary alicyclic amines) is 1. The quantitative estimate of drug-likeness (QED) is 0.811. The van der Waals surface area contributed by atoms with E-state index in [1.165, 1.54) is 0 Å². The predicted octanol–water partition coefficient (Wildman–Crippen LogP) is 0.656. The Kier molecular flexibility index (Phi) is 3.54. The minimum absolute atomic E-state index is 0.0738. The number of rotatable bonds is 3. The fourth-order valence-corrected chi connectivity index (χ4v) is 5.18. The van der Waals surface area contributed by atoms with E-state index in [0.29, 0.717) is 17.4 Å². The van der Waals surface area contributed by atoms with Gasteiger partial charge in [0.05, 0.1) is 11.5 Å². The lowest BCUT2D eigenvalue weighted by Gasteiger charge is -2.35. The second kappa shape index (κ2) is 4.52. The first kappa shape index (κ1) is 13.3. The number of aliphatic hydroxyl groups excluding tert-OH is 1. The third-order valence-electron chi connectivity index (χ3n) is 4.21. The molecule has 2 aliphatic rings. The zero-order valence-corrected chi connectivity index (χ0v) is 11.5. The van der Waals surface area contributed by atoms with Crippen LogP contribution in [0, 0.1) is 5.92 Å². The Morgan fingerprint density at radius 1 is 1.41 bits per heavy atom. The lowest BCUT2D eigenvalue weighted by molar-refractivity contribution is 0.127. The summed E-state index contributed by atoms with van der Waals surface area (Å²) in [5.74, 6) is 1.18. The molecule has 0 aliphatic carbocycles. The Morgan fingerprint density at radius 2 is 2.12 bits per heavy atom. The first-order valence-electron chi connectivity index (χ1n) is 6.42. The van der Waals surface area contributed by atoms with Crippen LogP contribution in [0.4, 0.5) is 0 Å². The molecule has 0 bridgehead atoms. The highest BCUT2D eigenvalue weighted by atomic mass is 32.2. The van der Waals surface area contributed by atoms with Gasteiger partial charge < -0.3 is 5.11 Å². The summed E-state index contributed by atoms with van der Waals surface area (Å²) in [5, 5.41) is 9.02. The van der Waals surface area contributed by atoms with E-state index in [9.17, 15) is 8.42 Å². The molecule has 17 heavy (non-hydrogen) atoms. The zero-order valence-electron chi connectivity index (χ0n) is 10.7. The molecule has 0 aromatic heterocycles. The lowest BCUT2D eigenvalue weighted by atomic mass is 9.94. The molecule has 1 N–H and O–H groups in total. The summed E-state index contributed by atoms with van der Waals surface area (Å²) >= 11 is 0. The maximum Gasteiger partial charge on any atom is 0.151 e. The molecule has 2 saturated heterocycles. The Balaban J connectivity index is 2.06. The Hall–Kier alpha value is -0.130. The van der Waals surface area contributed by atoms with Crippen molar-refractivity contribution in [2.24, 2.45) is 5.92 Å². The van der Waals surface area contributed by atoms with E-state index in [1.54, 1.807) is 0 Å². The molecule has 2 heterocycles. The zero-order chi connectivity index (χ0) is 12.7. The van der Waals surface area contributed by atoms with Crippen molar-refractivity contribution in [1.29, 1.82) is 0 Å². The molecule has 0 radical (unpaired) electrons. The van der Waals surface area contributed by atoms with Gasteiger partial charge in [-0.1, -0.05) is 0 Å². The van der Waals surface area contributed by atoms with Crippen LogP contribution in [-0.2, 0) is 9.84 Å².